The number of aromatic nitrogens is 3. The van der Waals surface area contributed by atoms with Crippen LogP contribution < -0.4 is 20.4 Å². The molecule has 0 aromatic carbocycles. The van der Waals surface area contributed by atoms with Gasteiger partial charge in [0.2, 0.25) is 0 Å². The van der Waals surface area contributed by atoms with Crippen molar-refractivity contribution in [2.45, 2.75) is 31.0 Å². The normalized spacial score (nSPS) is 19.4. The van der Waals surface area contributed by atoms with Gasteiger partial charge in [0.25, 0.3) is 5.91 Å². The molecule has 37 heavy (non-hydrogen) atoms. The van der Waals surface area contributed by atoms with Gasteiger partial charge in [-0.2, -0.15) is 0 Å². The molecule has 0 bridgehead atoms. The van der Waals surface area contributed by atoms with E-state index in [1.54, 1.807) is 12.1 Å². The zero-order valence-corrected chi connectivity index (χ0v) is 21.1. The van der Waals surface area contributed by atoms with E-state index in [1.165, 1.54) is 11.3 Å². The summed E-state index contributed by atoms with van der Waals surface area (Å²) in [6.07, 6.45) is 0.993. The highest BCUT2D eigenvalue weighted by atomic mass is 32.1. The van der Waals surface area contributed by atoms with Crippen LogP contribution in [0.5, 0.6) is 0 Å². The van der Waals surface area contributed by atoms with Crippen LogP contribution >= 0.6 is 11.3 Å². The van der Waals surface area contributed by atoms with E-state index in [4.69, 9.17) is 10.1 Å². The summed E-state index contributed by atoms with van der Waals surface area (Å²) in [5.41, 5.74) is 0.120. The van der Waals surface area contributed by atoms with E-state index in [1.807, 2.05) is 21.9 Å². The smallest absolute Gasteiger partial charge is 0.274 e. The SMILES string of the molecule is O=C(Nc1cc2sc(NCCO)nc2nc1N1CCC(O)(CO)CC1)c1cccc(N2CC[C@H](O)C2)n1. The van der Waals surface area contributed by atoms with Crippen molar-refractivity contribution in [3.05, 3.63) is 30.0 Å². The molecular weight excluding hydrogens is 498 g/mol. The molecule has 5 rings (SSSR count). The lowest BCUT2D eigenvalue weighted by atomic mass is 9.92. The van der Waals surface area contributed by atoms with Gasteiger partial charge >= 0.3 is 0 Å². The Bertz CT molecular complexity index is 1260. The van der Waals surface area contributed by atoms with Gasteiger partial charge in [-0.15, -0.1) is 0 Å². The Balaban J connectivity index is 1.43. The molecule has 0 unspecified atom stereocenters. The summed E-state index contributed by atoms with van der Waals surface area (Å²) in [6, 6.07) is 7.06. The van der Waals surface area contributed by atoms with Crippen molar-refractivity contribution in [2.75, 3.05) is 66.4 Å². The molecule has 0 aliphatic carbocycles. The number of carbonyl (C=O) groups is 1. The van der Waals surface area contributed by atoms with Gasteiger partial charge in [0.15, 0.2) is 16.6 Å². The molecule has 3 aromatic heterocycles. The molecule has 12 nitrogen and oxygen atoms in total. The highest BCUT2D eigenvalue weighted by Crippen LogP contribution is 2.35. The Hall–Kier alpha value is -3.10. The minimum Gasteiger partial charge on any atom is -0.395 e. The van der Waals surface area contributed by atoms with Crippen LogP contribution in [0.1, 0.15) is 29.8 Å². The molecule has 2 aliphatic rings. The maximum Gasteiger partial charge on any atom is 0.274 e. The lowest BCUT2D eigenvalue weighted by Crippen LogP contribution is -2.47. The number of pyridine rings is 2. The van der Waals surface area contributed by atoms with Crippen molar-refractivity contribution in [1.29, 1.82) is 0 Å². The molecule has 1 amide bonds. The fraction of sp³-hybridized carbons (Fsp3) is 0.500. The van der Waals surface area contributed by atoms with E-state index >= 15 is 0 Å². The minimum atomic E-state index is -1.13. The molecule has 0 spiro atoms. The first-order valence-electron chi connectivity index (χ1n) is 12.3. The number of β-amino-alcohol motifs (C(OH)–C–C–N with tert-alkyl or cyclic N) is 1. The quantitative estimate of drug-likeness (QED) is 0.242. The number of aliphatic hydroxyl groups excluding tert-OH is 3. The number of thiazole rings is 1. The van der Waals surface area contributed by atoms with Crippen LogP contribution in [0, 0.1) is 0 Å². The Morgan fingerprint density at radius 1 is 1.14 bits per heavy atom. The average Bonchev–Trinajstić information content (AvgIpc) is 3.53. The van der Waals surface area contributed by atoms with E-state index in [-0.39, 0.29) is 18.9 Å². The van der Waals surface area contributed by atoms with E-state index < -0.39 is 17.6 Å². The van der Waals surface area contributed by atoms with Gasteiger partial charge in [-0.3, -0.25) is 4.79 Å². The summed E-state index contributed by atoms with van der Waals surface area (Å²) in [6.45, 7) is 2.08. The first-order valence-corrected chi connectivity index (χ1v) is 13.1. The molecular formula is C24H31N7O5S. The number of nitrogens with one attached hydrogen (secondary N) is 2. The number of fused-ring (bicyclic) bond motifs is 1. The van der Waals surface area contributed by atoms with Gasteiger partial charge < -0.3 is 40.9 Å². The van der Waals surface area contributed by atoms with Crippen molar-refractivity contribution in [3.8, 4) is 0 Å². The molecule has 3 aromatic rings. The second-order valence-corrected chi connectivity index (χ2v) is 10.5. The number of nitrogens with zero attached hydrogens (tertiary/aromatic N) is 5. The zero-order valence-electron chi connectivity index (χ0n) is 20.3. The Kier molecular flexibility index (Phi) is 7.40. The van der Waals surface area contributed by atoms with Gasteiger partial charge in [-0.05, 0) is 37.5 Å². The van der Waals surface area contributed by atoms with E-state index in [2.05, 4.69) is 20.6 Å². The van der Waals surface area contributed by atoms with Gasteiger partial charge in [0.1, 0.15) is 11.5 Å². The number of amides is 1. The first kappa shape index (κ1) is 25.5. The first-order chi connectivity index (χ1) is 17.9. The fourth-order valence-electron chi connectivity index (χ4n) is 4.58. The van der Waals surface area contributed by atoms with Crippen molar-refractivity contribution in [1.82, 2.24) is 15.0 Å². The van der Waals surface area contributed by atoms with Crippen LogP contribution in [-0.4, -0.2) is 98.9 Å². The fourth-order valence-corrected chi connectivity index (χ4v) is 5.45. The molecule has 2 aliphatic heterocycles. The third-order valence-electron chi connectivity index (χ3n) is 6.74. The van der Waals surface area contributed by atoms with E-state index in [9.17, 15) is 20.1 Å². The molecule has 2 fully saturated rings. The standard InChI is InChI=1S/C24H31N7O5S/c32-11-7-25-23-29-20-18(37-23)12-17(21(28-20)30-9-5-24(36,14-33)6-10-30)27-22(35)16-2-1-3-19(26-16)31-8-4-15(34)13-31/h1-3,12,15,32-34,36H,4-11,13-14H2,(H,27,35)(H,25,28,29)/t15-/m0/s1. The Labute approximate surface area is 217 Å². The summed E-state index contributed by atoms with van der Waals surface area (Å²) in [5, 5.41) is 45.6. The van der Waals surface area contributed by atoms with Gasteiger partial charge in [0, 0.05) is 32.7 Å². The predicted molar refractivity (Wildman–Crippen MR) is 142 cm³/mol. The molecule has 13 heteroatoms. The van der Waals surface area contributed by atoms with Gasteiger partial charge in [-0.25, -0.2) is 15.0 Å². The van der Waals surface area contributed by atoms with E-state index in [0.717, 1.165) is 4.70 Å². The summed E-state index contributed by atoms with van der Waals surface area (Å²) < 4.78 is 0.760. The average molecular weight is 530 g/mol. The van der Waals surface area contributed by atoms with Crippen molar-refractivity contribution < 1.29 is 25.2 Å². The number of carbonyl (C=O) groups excluding carboxylic acids is 1. The van der Waals surface area contributed by atoms with Crippen molar-refractivity contribution in [3.63, 3.8) is 0 Å². The van der Waals surface area contributed by atoms with E-state index in [0.29, 0.717) is 80.1 Å². The summed E-state index contributed by atoms with van der Waals surface area (Å²) in [4.78, 5) is 31.0. The second-order valence-electron chi connectivity index (χ2n) is 9.44. The van der Waals surface area contributed by atoms with Gasteiger partial charge in [-0.1, -0.05) is 17.4 Å². The lowest BCUT2D eigenvalue weighted by Gasteiger charge is -2.38. The van der Waals surface area contributed by atoms with Crippen LogP contribution in [0.25, 0.3) is 10.3 Å². The maximum absolute atomic E-state index is 13.3. The molecule has 0 saturated carbocycles. The number of rotatable bonds is 8. The third kappa shape index (κ3) is 5.60. The highest BCUT2D eigenvalue weighted by Gasteiger charge is 2.33. The summed E-state index contributed by atoms with van der Waals surface area (Å²) in [7, 11) is 0. The predicted octanol–water partition coefficient (Wildman–Crippen LogP) is 0.637. The molecule has 198 valence electrons. The van der Waals surface area contributed by atoms with Gasteiger partial charge in [0.05, 0.1) is 35.3 Å². The molecule has 1 atom stereocenters. The van der Waals surface area contributed by atoms with Crippen molar-refractivity contribution >= 4 is 50.0 Å². The molecule has 0 radical (unpaired) electrons. The molecule has 6 N–H and O–H groups in total. The number of hydrogen-bond donors (Lipinski definition) is 6. The van der Waals surface area contributed by atoms with Crippen molar-refractivity contribution in [2.24, 2.45) is 0 Å². The van der Waals surface area contributed by atoms with Crippen LogP contribution in [0.15, 0.2) is 24.3 Å². The zero-order chi connectivity index (χ0) is 26.0. The minimum absolute atomic E-state index is 0.0279. The number of piperidine rings is 1. The maximum atomic E-state index is 13.3. The third-order valence-corrected chi connectivity index (χ3v) is 7.69. The van der Waals surface area contributed by atoms with Crippen LogP contribution in [0.4, 0.5) is 22.5 Å². The van der Waals surface area contributed by atoms with Crippen LogP contribution in [-0.2, 0) is 0 Å². The number of aliphatic hydroxyl groups is 4. The summed E-state index contributed by atoms with van der Waals surface area (Å²) >= 11 is 1.37. The topological polar surface area (TPSA) is 167 Å². The largest absolute Gasteiger partial charge is 0.395 e. The summed E-state index contributed by atoms with van der Waals surface area (Å²) in [5.74, 6) is 0.772. The van der Waals surface area contributed by atoms with Crippen LogP contribution in [0.3, 0.4) is 0 Å². The Morgan fingerprint density at radius 2 is 1.95 bits per heavy atom. The Morgan fingerprint density at radius 3 is 2.65 bits per heavy atom. The highest BCUT2D eigenvalue weighted by molar-refractivity contribution is 7.22. The number of anilines is 4. The van der Waals surface area contributed by atoms with Crippen LogP contribution in [0.2, 0.25) is 0 Å². The molecule has 2 saturated heterocycles. The lowest BCUT2D eigenvalue weighted by molar-refractivity contribution is -0.0326. The monoisotopic (exact) mass is 529 g/mol. The number of hydrogen-bond acceptors (Lipinski definition) is 12. The molecule has 5 heterocycles. The second kappa shape index (κ2) is 10.7.